The Morgan fingerprint density at radius 1 is 0.788 bits per heavy atom. The molecule has 0 spiro atoms. The molecule has 0 radical (unpaired) electrons. The minimum Gasteiger partial charge on any atom is -0.507 e. The zero-order valence-corrected chi connectivity index (χ0v) is 21.5. The number of Topliss-reactive ketones (excluding diaryl/α,β-unsaturated/α-hetero) is 1. The molecule has 33 heavy (non-hydrogen) atoms. The van der Waals surface area contributed by atoms with Gasteiger partial charge in [0.1, 0.15) is 11.5 Å². The van der Waals surface area contributed by atoms with Crippen molar-refractivity contribution in [3.05, 3.63) is 104 Å². The van der Waals surface area contributed by atoms with Gasteiger partial charge in [0.05, 0.1) is 8.95 Å². The van der Waals surface area contributed by atoms with Crippen LogP contribution < -0.4 is 0 Å². The predicted octanol–water partition coefficient (Wildman–Crippen LogP) is 6.60. The van der Waals surface area contributed by atoms with Crippen LogP contribution in [0.15, 0.2) is 86.8 Å². The van der Waals surface area contributed by atoms with Gasteiger partial charge in [0.25, 0.3) is 0 Å². The number of nitrogens with zero attached hydrogens (tertiary/aromatic N) is 1. The van der Waals surface area contributed by atoms with Gasteiger partial charge < -0.3 is 10.2 Å². The van der Waals surface area contributed by atoms with Gasteiger partial charge in [-0.1, -0.05) is 42.5 Å². The number of phenols is 2. The lowest BCUT2D eigenvalue weighted by Gasteiger charge is -2.30. The van der Waals surface area contributed by atoms with Gasteiger partial charge in [0, 0.05) is 30.8 Å². The molecule has 1 heterocycles. The highest BCUT2D eigenvalue weighted by Crippen LogP contribution is 2.29. The molecule has 3 aromatic carbocycles. The van der Waals surface area contributed by atoms with E-state index in [1.54, 1.807) is 36.4 Å². The van der Waals surface area contributed by atoms with E-state index >= 15 is 0 Å². The zero-order valence-electron chi connectivity index (χ0n) is 17.5. The second-order valence-corrected chi connectivity index (χ2v) is 9.43. The normalized spacial score (nSPS) is 16.7. The average molecular weight is 592 g/mol. The van der Waals surface area contributed by atoms with E-state index in [0.717, 1.165) is 17.7 Å². The first-order valence-electron chi connectivity index (χ1n) is 10.1. The Balaban J connectivity index is 0.00000306. The van der Waals surface area contributed by atoms with Crippen LogP contribution in [0, 0.1) is 0 Å². The smallest absolute Gasteiger partial charge is 0.187 e. The van der Waals surface area contributed by atoms with Gasteiger partial charge in [0.2, 0.25) is 0 Å². The number of halogens is 3. The molecule has 0 unspecified atom stereocenters. The topological polar surface area (TPSA) is 60.8 Å². The quantitative estimate of drug-likeness (QED) is 0.336. The van der Waals surface area contributed by atoms with E-state index in [1.165, 1.54) is 5.56 Å². The maximum atomic E-state index is 13.4. The van der Waals surface area contributed by atoms with Crippen LogP contribution >= 0.6 is 44.3 Å². The van der Waals surface area contributed by atoms with Gasteiger partial charge in [0.15, 0.2) is 5.78 Å². The third kappa shape index (κ3) is 6.36. The van der Waals surface area contributed by atoms with Crippen molar-refractivity contribution in [2.24, 2.45) is 0 Å². The van der Waals surface area contributed by atoms with Gasteiger partial charge in [-0.3, -0.25) is 9.69 Å². The van der Waals surface area contributed by atoms with E-state index in [9.17, 15) is 15.0 Å². The Hall–Kier alpha value is -2.38. The molecule has 0 saturated carbocycles. The summed E-state index contributed by atoms with van der Waals surface area (Å²) in [6.45, 7) is 1.78. The highest BCUT2D eigenvalue weighted by molar-refractivity contribution is 9.10. The molecule has 7 heteroatoms. The highest BCUT2D eigenvalue weighted by atomic mass is 79.9. The fourth-order valence-corrected chi connectivity index (χ4v) is 4.48. The first kappa shape index (κ1) is 25.2. The second-order valence-electron chi connectivity index (χ2n) is 7.72. The van der Waals surface area contributed by atoms with Crippen molar-refractivity contribution in [3.63, 3.8) is 0 Å². The molecule has 3 aromatic rings. The number of piperidine rings is 1. The summed E-state index contributed by atoms with van der Waals surface area (Å²) in [6, 6.07) is 20.6. The minimum absolute atomic E-state index is 0. The minimum atomic E-state index is 0. The largest absolute Gasteiger partial charge is 0.507 e. The van der Waals surface area contributed by atoms with E-state index in [4.69, 9.17) is 0 Å². The Kier molecular flexibility index (Phi) is 8.54. The average Bonchev–Trinajstić information content (AvgIpc) is 2.77. The Bertz CT molecular complexity index is 1150. The SMILES string of the molecule is Cl.O=C1/C(=C\c2ccc(O)c(Br)c2)CN(Cc2ccccc2)C/C1=C\c1ccc(O)c(Br)c1. The number of hydrogen-bond acceptors (Lipinski definition) is 4. The number of aromatic hydroxyl groups is 2. The van der Waals surface area contributed by atoms with Crippen LogP contribution in [0.3, 0.4) is 0 Å². The standard InChI is InChI=1S/C26H21Br2NO3.ClH/c27-22-12-18(6-8-24(22)30)10-20-15-29(14-17-4-2-1-3-5-17)16-21(26(20)32)11-19-7-9-25(31)23(28)13-19;/h1-13,30-31H,14-16H2;1H/b20-10-,21-11+;. The predicted molar refractivity (Wildman–Crippen MR) is 142 cm³/mol. The van der Waals surface area contributed by atoms with Crippen molar-refractivity contribution in [2.75, 3.05) is 13.1 Å². The first-order chi connectivity index (χ1) is 15.4. The lowest BCUT2D eigenvalue weighted by Crippen LogP contribution is -2.37. The third-order valence-corrected chi connectivity index (χ3v) is 6.52. The number of rotatable bonds is 4. The van der Waals surface area contributed by atoms with E-state index in [1.807, 2.05) is 30.4 Å². The van der Waals surface area contributed by atoms with E-state index in [2.05, 4.69) is 48.9 Å². The van der Waals surface area contributed by atoms with Crippen LogP contribution in [-0.2, 0) is 11.3 Å². The van der Waals surface area contributed by atoms with Crippen molar-refractivity contribution in [2.45, 2.75) is 6.54 Å². The van der Waals surface area contributed by atoms with Crippen molar-refractivity contribution < 1.29 is 15.0 Å². The number of ketones is 1. The molecule has 4 nitrogen and oxygen atoms in total. The molecule has 1 saturated heterocycles. The first-order valence-corrected chi connectivity index (χ1v) is 11.7. The molecule has 0 aromatic heterocycles. The van der Waals surface area contributed by atoms with Gasteiger partial charge in [-0.15, -0.1) is 12.4 Å². The number of benzene rings is 3. The zero-order chi connectivity index (χ0) is 22.7. The third-order valence-electron chi connectivity index (χ3n) is 5.25. The number of carbonyl (C=O) groups is 1. The van der Waals surface area contributed by atoms with Crippen LogP contribution in [0.5, 0.6) is 11.5 Å². The van der Waals surface area contributed by atoms with E-state index in [-0.39, 0.29) is 29.7 Å². The van der Waals surface area contributed by atoms with Crippen LogP contribution in [0.2, 0.25) is 0 Å². The summed E-state index contributed by atoms with van der Waals surface area (Å²) in [5.74, 6) is 0.320. The summed E-state index contributed by atoms with van der Waals surface area (Å²) in [4.78, 5) is 15.6. The molecular weight excluding hydrogens is 570 g/mol. The van der Waals surface area contributed by atoms with E-state index < -0.39 is 0 Å². The Morgan fingerprint density at radius 2 is 1.27 bits per heavy atom. The number of hydrogen-bond donors (Lipinski definition) is 2. The van der Waals surface area contributed by atoms with Crippen molar-refractivity contribution in [1.29, 1.82) is 0 Å². The molecule has 1 aliphatic heterocycles. The van der Waals surface area contributed by atoms with Crippen LogP contribution in [0.4, 0.5) is 0 Å². The lowest BCUT2D eigenvalue weighted by molar-refractivity contribution is -0.113. The number of phenolic OH excluding ortho intramolecular Hbond substituents is 2. The Morgan fingerprint density at radius 3 is 1.73 bits per heavy atom. The molecule has 0 bridgehead atoms. The summed E-state index contributed by atoms with van der Waals surface area (Å²) >= 11 is 6.68. The molecule has 2 N–H and O–H groups in total. The summed E-state index contributed by atoms with van der Waals surface area (Å²) in [5, 5.41) is 19.6. The molecule has 1 fully saturated rings. The number of likely N-dealkylation sites (tertiary alicyclic amines) is 1. The highest BCUT2D eigenvalue weighted by Gasteiger charge is 2.26. The molecule has 0 aliphatic carbocycles. The maximum absolute atomic E-state index is 13.4. The summed E-state index contributed by atoms with van der Waals surface area (Å²) in [5.41, 5.74) is 4.24. The molecule has 0 atom stereocenters. The second kappa shape index (κ2) is 11.2. The molecule has 1 aliphatic rings. The summed E-state index contributed by atoms with van der Waals surface area (Å²) in [7, 11) is 0. The fourth-order valence-electron chi connectivity index (χ4n) is 3.69. The number of carbonyl (C=O) groups excluding carboxylic acids is 1. The van der Waals surface area contributed by atoms with E-state index in [0.29, 0.717) is 33.2 Å². The van der Waals surface area contributed by atoms with Gasteiger partial charge >= 0.3 is 0 Å². The maximum Gasteiger partial charge on any atom is 0.187 e. The van der Waals surface area contributed by atoms with Crippen LogP contribution in [-0.4, -0.2) is 34.0 Å². The van der Waals surface area contributed by atoms with Crippen LogP contribution in [0.1, 0.15) is 16.7 Å². The van der Waals surface area contributed by atoms with Crippen LogP contribution in [0.25, 0.3) is 12.2 Å². The summed E-state index contributed by atoms with van der Waals surface area (Å²) in [6.07, 6.45) is 3.76. The Labute approximate surface area is 215 Å². The molecule has 0 amide bonds. The molecule has 4 rings (SSSR count). The van der Waals surface area contributed by atoms with Gasteiger partial charge in [-0.05, 0) is 85.0 Å². The lowest BCUT2D eigenvalue weighted by atomic mass is 9.94. The molecular formula is C26H22Br2ClNO3. The van der Waals surface area contributed by atoms with Crippen molar-refractivity contribution >= 4 is 62.2 Å². The van der Waals surface area contributed by atoms with Gasteiger partial charge in [-0.2, -0.15) is 0 Å². The fraction of sp³-hybridized carbons (Fsp3) is 0.115. The van der Waals surface area contributed by atoms with Crippen molar-refractivity contribution in [3.8, 4) is 11.5 Å². The monoisotopic (exact) mass is 589 g/mol. The van der Waals surface area contributed by atoms with Gasteiger partial charge in [-0.25, -0.2) is 0 Å². The van der Waals surface area contributed by atoms with Crippen molar-refractivity contribution in [1.82, 2.24) is 4.90 Å². The molecule has 170 valence electrons. The summed E-state index contributed by atoms with van der Waals surface area (Å²) < 4.78 is 1.17.